The molecule has 1 aliphatic heterocycles. The van der Waals surface area contributed by atoms with E-state index in [0.717, 1.165) is 32.4 Å². The van der Waals surface area contributed by atoms with Gasteiger partial charge in [-0.3, -0.25) is 4.79 Å². The lowest BCUT2D eigenvalue weighted by Gasteiger charge is -2.51. The molecule has 1 N–H and O–H groups in total. The predicted molar refractivity (Wildman–Crippen MR) is 64.5 cm³/mol. The molecular formula is C13H23NO3. The Morgan fingerprint density at radius 1 is 1.53 bits per heavy atom. The van der Waals surface area contributed by atoms with Gasteiger partial charge in [0, 0.05) is 13.5 Å². The number of likely N-dealkylation sites (tertiary alicyclic amines) is 1. The van der Waals surface area contributed by atoms with E-state index in [4.69, 9.17) is 4.74 Å². The van der Waals surface area contributed by atoms with E-state index in [9.17, 15) is 9.90 Å². The Labute approximate surface area is 103 Å². The van der Waals surface area contributed by atoms with Crippen LogP contribution in [0.3, 0.4) is 0 Å². The molecule has 0 radical (unpaired) electrons. The Morgan fingerprint density at radius 2 is 2.24 bits per heavy atom. The number of hydrogen-bond donors (Lipinski definition) is 1. The fourth-order valence-electron chi connectivity index (χ4n) is 3.56. The summed E-state index contributed by atoms with van der Waals surface area (Å²) in [4.78, 5) is 13.4. The van der Waals surface area contributed by atoms with Crippen molar-refractivity contribution >= 4 is 5.97 Å². The summed E-state index contributed by atoms with van der Waals surface area (Å²) >= 11 is 0. The second-order valence-corrected chi connectivity index (χ2v) is 6.03. The molecule has 0 aromatic rings. The Morgan fingerprint density at radius 3 is 2.88 bits per heavy atom. The quantitative estimate of drug-likeness (QED) is 0.697. The molecule has 2 fully saturated rings. The minimum absolute atomic E-state index is 0.173. The van der Waals surface area contributed by atoms with Gasteiger partial charge >= 0.3 is 5.97 Å². The van der Waals surface area contributed by atoms with Crippen LogP contribution >= 0.6 is 0 Å². The minimum Gasteiger partial charge on any atom is -0.460 e. The zero-order valence-electron chi connectivity index (χ0n) is 11.0. The summed E-state index contributed by atoms with van der Waals surface area (Å²) in [5.41, 5.74) is 0.173. The summed E-state index contributed by atoms with van der Waals surface area (Å²) in [5, 5.41) is 10.0. The van der Waals surface area contributed by atoms with E-state index in [0.29, 0.717) is 5.92 Å². The van der Waals surface area contributed by atoms with Crippen molar-refractivity contribution in [3.8, 4) is 0 Å². The van der Waals surface area contributed by atoms with Crippen molar-refractivity contribution in [1.82, 2.24) is 4.90 Å². The van der Waals surface area contributed by atoms with Crippen LogP contribution in [0.5, 0.6) is 0 Å². The highest BCUT2D eigenvalue weighted by Crippen LogP contribution is 2.46. The maximum atomic E-state index is 11.0. The van der Waals surface area contributed by atoms with Crippen molar-refractivity contribution in [3.05, 3.63) is 0 Å². The van der Waals surface area contributed by atoms with Crippen LogP contribution in [0.4, 0.5) is 0 Å². The van der Waals surface area contributed by atoms with Crippen LogP contribution in [0.25, 0.3) is 0 Å². The molecule has 4 atom stereocenters. The molecule has 1 heterocycles. The van der Waals surface area contributed by atoms with Gasteiger partial charge in [0.2, 0.25) is 0 Å². The normalized spacial score (nSPS) is 42.9. The lowest BCUT2D eigenvalue weighted by atomic mass is 9.62. The first-order chi connectivity index (χ1) is 7.90. The van der Waals surface area contributed by atoms with Crippen LogP contribution in [-0.4, -0.2) is 48.3 Å². The molecule has 1 saturated heterocycles. The molecule has 0 spiro atoms. The van der Waals surface area contributed by atoms with Gasteiger partial charge in [-0.25, -0.2) is 0 Å². The van der Waals surface area contributed by atoms with Gasteiger partial charge in [0.1, 0.15) is 6.10 Å². The third kappa shape index (κ3) is 2.63. The highest BCUT2D eigenvalue weighted by atomic mass is 16.6. The zero-order chi connectivity index (χ0) is 12.6. The Balaban J connectivity index is 2.08. The standard InChI is InChI=1S/C13H23NO3/c1-9(15)17-12-7-13(2)8-14(3)5-4-10(13)6-11(12)16/h10-12,16H,4-8H2,1-3H3/t10?,11?,12?,13-/m1/s1. The number of esters is 1. The summed E-state index contributed by atoms with van der Waals surface area (Å²) in [7, 11) is 2.13. The summed E-state index contributed by atoms with van der Waals surface area (Å²) < 4.78 is 5.25. The van der Waals surface area contributed by atoms with Crippen LogP contribution in [0.15, 0.2) is 0 Å². The largest absolute Gasteiger partial charge is 0.460 e. The maximum Gasteiger partial charge on any atom is 0.302 e. The summed E-state index contributed by atoms with van der Waals surface area (Å²) in [6, 6.07) is 0. The van der Waals surface area contributed by atoms with Crippen LogP contribution in [0.2, 0.25) is 0 Å². The molecule has 98 valence electrons. The lowest BCUT2D eigenvalue weighted by Crippen LogP contribution is -2.54. The van der Waals surface area contributed by atoms with Gasteiger partial charge in [0.25, 0.3) is 0 Å². The molecule has 0 aromatic heterocycles. The van der Waals surface area contributed by atoms with Gasteiger partial charge in [-0.1, -0.05) is 6.92 Å². The first kappa shape index (κ1) is 12.8. The number of nitrogens with zero attached hydrogens (tertiary/aromatic N) is 1. The Bertz CT molecular complexity index is 307. The van der Waals surface area contributed by atoms with Crippen LogP contribution < -0.4 is 0 Å². The van der Waals surface area contributed by atoms with E-state index in [-0.39, 0.29) is 17.5 Å². The fraction of sp³-hybridized carbons (Fsp3) is 0.923. The molecule has 17 heavy (non-hydrogen) atoms. The van der Waals surface area contributed by atoms with Gasteiger partial charge < -0.3 is 14.7 Å². The van der Waals surface area contributed by atoms with E-state index in [1.807, 2.05) is 0 Å². The van der Waals surface area contributed by atoms with Crippen LogP contribution in [0, 0.1) is 11.3 Å². The van der Waals surface area contributed by atoms with Crippen molar-refractivity contribution in [3.63, 3.8) is 0 Å². The van der Waals surface area contributed by atoms with Gasteiger partial charge in [-0.15, -0.1) is 0 Å². The molecule has 2 rings (SSSR count). The number of aliphatic hydroxyl groups excluding tert-OH is 1. The zero-order valence-corrected chi connectivity index (χ0v) is 11.0. The maximum absolute atomic E-state index is 11.0. The molecule has 0 bridgehead atoms. The second kappa shape index (κ2) is 4.58. The van der Waals surface area contributed by atoms with Crippen LogP contribution in [0.1, 0.15) is 33.1 Å². The molecular weight excluding hydrogens is 218 g/mol. The number of fused-ring (bicyclic) bond motifs is 1. The summed E-state index contributed by atoms with van der Waals surface area (Å²) in [5.74, 6) is 0.265. The van der Waals surface area contributed by atoms with Crippen molar-refractivity contribution < 1.29 is 14.6 Å². The average Bonchev–Trinajstić information content (AvgIpc) is 2.19. The van der Waals surface area contributed by atoms with E-state index >= 15 is 0 Å². The Kier molecular flexibility index (Phi) is 3.46. The fourth-order valence-corrected chi connectivity index (χ4v) is 3.56. The van der Waals surface area contributed by atoms with Crippen molar-refractivity contribution in [2.45, 2.75) is 45.3 Å². The highest BCUT2D eigenvalue weighted by Gasteiger charge is 2.47. The van der Waals surface area contributed by atoms with Crippen molar-refractivity contribution in [2.75, 3.05) is 20.1 Å². The van der Waals surface area contributed by atoms with Crippen LogP contribution in [-0.2, 0) is 9.53 Å². The predicted octanol–water partition coefficient (Wildman–Crippen LogP) is 1.03. The molecule has 1 aliphatic carbocycles. The van der Waals surface area contributed by atoms with E-state index in [1.54, 1.807) is 0 Å². The van der Waals surface area contributed by atoms with Crippen molar-refractivity contribution in [1.29, 1.82) is 0 Å². The Hall–Kier alpha value is -0.610. The summed E-state index contributed by atoms with van der Waals surface area (Å²) in [6.45, 7) is 5.80. The minimum atomic E-state index is -0.486. The molecule has 4 heteroatoms. The number of piperidine rings is 1. The van der Waals surface area contributed by atoms with E-state index in [2.05, 4.69) is 18.9 Å². The van der Waals surface area contributed by atoms with Gasteiger partial charge in [-0.05, 0) is 44.2 Å². The lowest BCUT2D eigenvalue weighted by molar-refractivity contribution is -0.166. The van der Waals surface area contributed by atoms with Gasteiger partial charge in [0.05, 0.1) is 6.10 Å². The molecule has 3 unspecified atom stereocenters. The highest BCUT2D eigenvalue weighted by molar-refractivity contribution is 5.66. The van der Waals surface area contributed by atoms with Crippen molar-refractivity contribution in [2.24, 2.45) is 11.3 Å². The molecule has 2 aliphatic rings. The molecule has 0 amide bonds. The first-order valence-electron chi connectivity index (χ1n) is 6.44. The summed E-state index contributed by atoms with van der Waals surface area (Å²) in [6.07, 6.45) is 1.88. The topological polar surface area (TPSA) is 49.8 Å². The number of ether oxygens (including phenoxy) is 1. The molecule has 4 nitrogen and oxygen atoms in total. The smallest absolute Gasteiger partial charge is 0.302 e. The number of rotatable bonds is 1. The number of hydrogen-bond acceptors (Lipinski definition) is 4. The van der Waals surface area contributed by atoms with E-state index in [1.165, 1.54) is 6.92 Å². The SMILES string of the molecule is CC(=O)OC1C[C@]2(C)CN(C)CCC2CC1O. The second-order valence-electron chi connectivity index (χ2n) is 6.03. The number of carbonyl (C=O) groups excluding carboxylic acids is 1. The number of carbonyl (C=O) groups is 1. The van der Waals surface area contributed by atoms with Gasteiger partial charge in [-0.2, -0.15) is 0 Å². The average molecular weight is 241 g/mol. The van der Waals surface area contributed by atoms with E-state index < -0.39 is 6.10 Å². The third-order valence-electron chi connectivity index (χ3n) is 4.42. The number of aliphatic hydroxyl groups is 1. The van der Waals surface area contributed by atoms with Gasteiger partial charge in [0.15, 0.2) is 0 Å². The monoisotopic (exact) mass is 241 g/mol. The first-order valence-corrected chi connectivity index (χ1v) is 6.44. The molecule has 0 aromatic carbocycles. The molecule has 1 saturated carbocycles. The third-order valence-corrected chi connectivity index (χ3v) is 4.42.